The molecular weight excluding hydrogens is 208 g/mol. The number of rotatable bonds is 4. The van der Waals surface area contributed by atoms with Gasteiger partial charge in [0, 0.05) is 12.6 Å². The second-order valence-corrected chi connectivity index (χ2v) is 3.57. The van der Waals surface area contributed by atoms with Crippen LogP contribution >= 0.6 is 0 Å². The van der Waals surface area contributed by atoms with Crippen molar-refractivity contribution in [3.8, 4) is 11.5 Å². The lowest BCUT2D eigenvalue weighted by atomic mass is 10.1. The Hall–Kier alpha value is -1.75. The molecule has 0 saturated carbocycles. The normalized spacial score (nSPS) is 12.1. The number of aromatic hydroxyl groups is 2. The Morgan fingerprint density at radius 2 is 1.94 bits per heavy atom. The number of phenols is 2. The molecule has 0 aliphatic rings. The lowest BCUT2D eigenvalue weighted by molar-refractivity contribution is 0.0945. The van der Waals surface area contributed by atoms with Gasteiger partial charge in [-0.1, -0.05) is 6.07 Å². The summed E-state index contributed by atoms with van der Waals surface area (Å²) in [5.74, 6) is -0.943. The lowest BCUT2D eigenvalue weighted by Gasteiger charge is -2.12. The molecule has 1 aromatic carbocycles. The van der Waals surface area contributed by atoms with Gasteiger partial charge in [-0.15, -0.1) is 0 Å². The molecule has 1 rings (SSSR count). The second-order valence-electron chi connectivity index (χ2n) is 3.57. The second kappa shape index (κ2) is 5.37. The van der Waals surface area contributed by atoms with Crippen molar-refractivity contribution in [3.63, 3.8) is 0 Å². The predicted molar refractivity (Wildman–Crippen MR) is 60.6 cm³/mol. The lowest BCUT2D eigenvalue weighted by Crippen LogP contribution is -2.37. The van der Waals surface area contributed by atoms with Gasteiger partial charge in [-0.25, -0.2) is 0 Å². The molecule has 0 spiro atoms. The van der Waals surface area contributed by atoms with Gasteiger partial charge in [0.05, 0.1) is 0 Å². The summed E-state index contributed by atoms with van der Waals surface area (Å²) in [6.45, 7) is 2.33. The highest BCUT2D eigenvalue weighted by molar-refractivity contribution is 5.99. The quantitative estimate of drug-likeness (QED) is 0.598. The highest BCUT2D eigenvalue weighted by atomic mass is 16.3. The summed E-state index contributed by atoms with van der Waals surface area (Å²) in [6.07, 6.45) is 0. The molecule has 0 saturated heterocycles. The smallest absolute Gasteiger partial charge is 0.258 e. The minimum Gasteiger partial charge on any atom is -0.507 e. The fourth-order valence-corrected chi connectivity index (χ4v) is 1.20. The molecule has 0 radical (unpaired) electrons. The monoisotopic (exact) mass is 224 g/mol. The summed E-state index contributed by atoms with van der Waals surface area (Å²) in [7, 11) is 1.79. The van der Waals surface area contributed by atoms with Crippen LogP contribution in [0, 0.1) is 0 Å². The SMILES string of the molecule is CNC(C)CNC(=O)c1c(O)cccc1O. The van der Waals surface area contributed by atoms with Crippen LogP contribution in [0.2, 0.25) is 0 Å². The predicted octanol–water partition coefficient (Wildman–Crippen LogP) is 0.435. The minimum absolute atomic E-state index is 0.0918. The molecule has 88 valence electrons. The van der Waals surface area contributed by atoms with E-state index in [0.717, 1.165) is 0 Å². The van der Waals surface area contributed by atoms with E-state index >= 15 is 0 Å². The van der Waals surface area contributed by atoms with Crippen molar-refractivity contribution in [3.05, 3.63) is 23.8 Å². The maximum atomic E-state index is 11.6. The standard InChI is InChI=1S/C11H16N2O3/c1-7(12-2)6-13-11(16)10-8(14)4-3-5-9(10)15/h3-5,7,12,14-15H,6H2,1-2H3,(H,13,16). The van der Waals surface area contributed by atoms with Crippen molar-refractivity contribution in [2.24, 2.45) is 0 Å². The molecule has 0 aliphatic heterocycles. The molecule has 16 heavy (non-hydrogen) atoms. The van der Waals surface area contributed by atoms with E-state index in [4.69, 9.17) is 0 Å². The first-order valence-electron chi connectivity index (χ1n) is 5.02. The van der Waals surface area contributed by atoms with Crippen LogP contribution in [0.25, 0.3) is 0 Å². The largest absolute Gasteiger partial charge is 0.507 e. The third-order valence-corrected chi connectivity index (χ3v) is 2.31. The van der Waals surface area contributed by atoms with E-state index in [1.54, 1.807) is 7.05 Å². The van der Waals surface area contributed by atoms with Gasteiger partial charge in [0.25, 0.3) is 5.91 Å². The number of nitrogens with one attached hydrogen (secondary N) is 2. The van der Waals surface area contributed by atoms with Crippen molar-refractivity contribution >= 4 is 5.91 Å². The Bertz CT molecular complexity index is 359. The maximum absolute atomic E-state index is 11.6. The van der Waals surface area contributed by atoms with Crippen molar-refractivity contribution in [1.82, 2.24) is 10.6 Å². The Balaban J connectivity index is 2.73. The topological polar surface area (TPSA) is 81.6 Å². The van der Waals surface area contributed by atoms with Gasteiger partial charge in [0.2, 0.25) is 0 Å². The first-order chi connectivity index (χ1) is 7.56. The molecule has 1 amide bonds. The molecule has 1 atom stereocenters. The Morgan fingerprint density at radius 1 is 1.38 bits per heavy atom. The number of hydrogen-bond acceptors (Lipinski definition) is 4. The minimum atomic E-state index is -0.488. The van der Waals surface area contributed by atoms with Gasteiger partial charge >= 0.3 is 0 Å². The highest BCUT2D eigenvalue weighted by Gasteiger charge is 2.15. The molecule has 0 aromatic heterocycles. The molecule has 0 bridgehead atoms. The average molecular weight is 224 g/mol. The van der Waals surface area contributed by atoms with Crippen LogP contribution in [0.3, 0.4) is 0 Å². The number of hydrogen-bond donors (Lipinski definition) is 4. The van der Waals surface area contributed by atoms with E-state index in [2.05, 4.69) is 10.6 Å². The molecule has 0 heterocycles. The Kier molecular flexibility index (Phi) is 4.13. The molecule has 5 heteroatoms. The number of likely N-dealkylation sites (N-methyl/N-ethyl adjacent to an activating group) is 1. The summed E-state index contributed by atoms with van der Waals surface area (Å²) in [5, 5.41) is 24.5. The van der Waals surface area contributed by atoms with Gasteiger partial charge in [-0.05, 0) is 26.1 Å². The fourth-order valence-electron chi connectivity index (χ4n) is 1.20. The van der Waals surface area contributed by atoms with Crippen LogP contribution in [0.4, 0.5) is 0 Å². The molecular formula is C11H16N2O3. The third kappa shape index (κ3) is 2.87. The number of amides is 1. The van der Waals surface area contributed by atoms with Crippen molar-refractivity contribution in [2.75, 3.05) is 13.6 Å². The highest BCUT2D eigenvalue weighted by Crippen LogP contribution is 2.25. The zero-order valence-corrected chi connectivity index (χ0v) is 9.32. The molecule has 4 N–H and O–H groups in total. The third-order valence-electron chi connectivity index (χ3n) is 2.31. The number of phenolic OH excluding ortho intramolecular Hbond substituents is 2. The molecule has 1 unspecified atom stereocenters. The molecule has 0 aliphatic carbocycles. The average Bonchev–Trinajstić information content (AvgIpc) is 2.25. The first kappa shape index (κ1) is 12.3. The van der Waals surface area contributed by atoms with Gasteiger partial charge in [-0.3, -0.25) is 4.79 Å². The number of carbonyl (C=O) groups is 1. The summed E-state index contributed by atoms with van der Waals surface area (Å²) >= 11 is 0. The van der Waals surface area contributed by atoms with Crippen LogP contribution in [0.1, 0.15) is 17.3 Å². The van der Waals surface area contributed by atoms with Crippen molar-refractivity contribution in [2.45, 2.75) is 13.0 Å². The summed E-state index contributed by atoms with van der Waals surface area (Å²) in [4.78, 5) is 11.6. The van der Waals surface area contributed by atoms with E-state index in [1.807, 2.05) is 6.92 Å². The van der Waals surface area contributed by atoms with E-state index in [9.17, 15) is 15.0 Å². The van der Waals surface area contributed by atoms with Crippen LogP contribution in [-0.4, -0.2) is 35.8 Å². The summed E-state index contributed by atoms with van der Waals surface area (Å²) in [5.41, 5.74) is -0.0918. The van der Waals surface area contributed by atoms with Crippen LogP contribution in [0.5, 0.6) is 11.5 Å². The molecule has 5 nitrogen and oxygen atoms in total. The van der Waals surface area contributed by atoms with Gasteiger partial charge in [0.1, 0.15) is 17.1 Å². The Labute approximate surface area is 94.1 Å². The summed E-state index contributed by atoms with van der Waals surface area (Å²) in [6, 6.07) is 4.31. The fraction of sp³-hybridized carbons (Fsp3) is 0.364. The first-order valence-corrected chi connectivity index (χ1v) is 5.02. The zero-order chi connectivity index (χ0) is 12.1. The van der Waals surface area contributed by atoms with Crippen molar-refractivity contribution < 1.29 is 15.0 Å². The van der Waals surface area contributed by atoms with Crippen LogP contribution < -0.4 is 10.6 Å². The Morgan fingerprint density at radius 3 is 2.44 bits per heavy atom. The number of benzene rings is 1. The van der Waals surface area contributed by atoms with Gasteiger partial charge in [-0.2, -0.15) is 0 Å². The van der Waals surface area contributed by atoms with E-state index in [0.29, 0.717) is 6.54 Å². The van der Waals surface area contributed by atoms with E-state index in [-0.39, 0.29) is 23.1 Å². The summed E-state index contributed by atoms with van der Waals surface area (Å²) < 4.78 is 0. The number of carbonyl (C=O) groups excluding carboxylic acids is 1. The van der Waals surface area contributed by atoms with E-state index < -0.39 is 5.91 Å². The maximum Gasteiger partial charge on any atom is 0.258 e. The van der Waals surface area contributed by atoms with Gasteiger partial charge in [0.15, 0.2) is 0 Å². The molecule has 1 aromatic rings. The van der Waals surface area contributed by atoms with Crippen molar-refractivity contribution in [1.29, 1.82) is 0 Å². The van der Waals surface area contributed by atoms with Gasteiger partial charge < -0.3 is 20.8 Å². The molecule has 0 fully saturated rings. The van der Waals surface area contributed by atoms with E-state index in [1.165, 1.54) is 18.2 Å². The van der Waals surface area contributed by atoms with Crippen LogP contribution in [0.15, 0.2) is 18.2 Å². The van der Waals surface area contributed by atoms with Crippen LogP contribution in [-0.2, 0) is 0 Å². The zero-order valence-electron chi connectivity index (χ0n) is 9.32.